The molecule has 0 aromatic heterocycles. The van der Waals surface area contributed by atoms with Crippen molar-refractivity contribution in [1.82, 2.24) is 9.80 Å². The van der Waals surface area contributed by atoms with Crippen LogP contribution in [0.15, 0.2) is 0 Å². The Morgan fingerprint density at radius 2 is 2.07 bits per heavy atom. The van der Waals surface area contributed by atoms with Gasteiger partial charge in [0.2, 0.25) is 0 Å². The number of piperidine rings is 1. The third-order valence-corrected chi connectivity index (χ3v) is 3.45. The first-order valence-corrected chi connectivity index (χ1v) is 5.97. The third-order valence-electron chi connectivity index (χ3n) is 3.45. The molecule has 1 amide bonds. The Morgan fingerprint density at radius 3 is 2.67 bits per heavy atom. The Hall–Kier alpha value is -0.770. The first kappa shape index (κ1) is 10.7. The van der Waals surface area contributed by atoms with Crippen molar-refractivity contribution in [2.75, 3.05) is 32.8 Å². The van der Waals surface area contributed by atoms with Gasteiger partial charge >= 0.3 is 6.09 Å². The molecule has 2 aliphatic rings. The normalized spacial score (nSPS) is 25.4. The molecule has 0 radical (unpaired) electrons. The van der Waals surface area contributed by atoms with E-state index in [1.54, 1.807) is 0 Å². The average molecular weight is 212 g/mol. The summed E-state index contributed by atoms with van der Waals surface area (Å²) in [7, 11) is 0. The molecule has 0 atom stereocenters. The zero-order valence-corrected chi connectivity index (χ0v) is 9.45. The van der Waals surface area contributed by atoms with Gasteiger partial charge in [-0.3, -0.25) is 0 Å². The highest BCUT2D eigenvalue weighted by atomic mass is 16.6. The molecule has 15 heavy (non-hydrogen) atoms. The van der Waals surface area contributed by atoms with E-state index >= 15 is 0 Å². The van der Waals surface area contributed by atoms with Gasteiger partial charge in [0.25, 0.3) is 0 Å². The molecule has 4 nitrogen and oxygen atoms in total. The molecule has 2 fully saturated rings. The summed E-state index contributed by atoms with van der Waals surface area (Å²) in [6.45, 7) is 7.03. The number of carbonyl (C=O) groups is 1. The maximum atomic E-state index is 11.5. The molecular weight excluding hydrogens is 192 g/mol. The van der Waals surface area contributed by atoms with Crippen LogP contribution in [0.1, 0.15) is 26.2 Å². The van der Waals surface area contributed by atoms with Crippen LogP contribution in [0.5, 0.6) is 0 Å². The predicted octanol–water partition coefficient (Wildman–Crippen LogP) is 1.31. The van der Waals surface area contributed by atoms with Crippen LogP contribution >= 0.6 is 0 Å². The SMILES string of the molecule is CCN1CCC(N2CCCOC2=O)CC1. The lowest BCUT2D eigenvalue weighted by atomic mass is 10.0. The average Bonchev–Trinajstić information content (AvgIpc) is 2.30. The molecule has 0 saturated carbocycles. The number of nitrogens with zero attached hydrogens (tertiary/aromatic N) is 2. The molecule has 0 aromatic carbocycles. The van der Waals surface area contributed by atoms with E-state index in [1.165, 1.54) is 0 Å². The molecule has 2 saturated heterocycles. The molecule has 2 heterocycles. The third kappa shape index (κ3) is 2.43. The molecule has 0 bridgehead atoms. The zero-order chi connectivity index (χ0) is 10.7. The maximum Gasteiger partial charge on any atom is 0.410 e. The van der Waals surface area contributed by atoms with Crippen LogP contribution in [0.25, 0.3) is 0 Å². The molecule has 0 unspecified atom stereocenters. The first-order valence-electron chi connectivity index (χ1n) is 5.97. The van der Waals surface area contributed by atoms with Crippen LogP contribution < -0.4 is 0 Å². The van der Waals surface area contributed by atoms with Crippen molar-refractivity contribution < 1.29 is 9.53 Å². The topological polar surface area (TPSA) is 32.8 Å². The summed E-state index contributed by atoms with van der Waals surface area (Å²) < 4.78 is 5.07. The van der Waals surface area contributed by atoms with Crippen molar-refractivity contribution in [2.24, 2.45) is 0 Å². The standard InChI is InChI=1S/C11H20N2O2/c1-2-12-7-4-10(5-8-12)13-6-3-9-15-11(13)14/h10H,2-9H2,1H3. The fourth-order valence-electron chi connectivity index (χ4n) is 2.45. The largest absolute Gasteiger partial charge is 0.449 e. The monoisotopic (exact) mass is 212 g/mol. The zero-order valence-electron chi connectivity index (χ0n) is 9.45. The summed E-state index contributed by atoms with van der Waals surface area (Å²) in [5.74, 6) is 0. The Kier molecular flexibility index (Phi) is 3.46. The lowest BCUT2D eigenvalue weighted by Gasteiger charge is -2.39. The lowest BCUT2D eigenvalue weighted by Crippen LogP contribution is -2.49. The van der Waals surface area contributed by atoms with Gasteiger partial charge in [0.1, 0.15) is 0 Å². The number of amides is 1. The number of rotatable bonds is 2. The lowest BCUT2D eigenvalue weighted by molar-refractivity contribution is 0.0383. The van der Waals surface area contributed by atoms with Gasteiger partial charge in [-0.2, -0.15) is 0 Å². The quantitative estimate of drug-likeness (QED) is 0.692. The number of hydrogen-bond acceptors (Lipinski definition) is 3. The molecule has 0 aromatic rings. The molecule has 2 rings (SSSR count). The predicted molar refractivity (Wildman–Crippen MR) is 57.8 cm³/mol. The van der Waals surface area contributed by atoms with Crippen molar-refractivity contribution in [1.29, 1.82) is 0 Å². The van der Waals surface area contributed by atoms with E-state index in [-0.39, 0.29) is 6.09 Å². The number of hydrogen-bond donors (Lipinski definition) is 0. The number of cyclic esters (lactones) is 1. The van der Waals surface area contributed by atoms with Crippen LogP contribution in [0.4, 0.5) is 4.79 Å². The molecule has 0 aliphatic carbocycles. The minimum Gasteiger partial charge on any atom is -0.449 e. The smallest absolute Gasteiger partial charge is 0.410 e. The van der Waals surface area contributed by atoms with Crippen LogP contribution in [-0.2, 0) is 4.74 Å². The summed E-state index contributed by atoms with van der Waals surface area (Å²) in [6.07, 6.45) is 3.09. The molecular formula is C11H20N2O2. The van der Waals surface area contributed by atoms with Gasteiger partial charge in [-0.05, 0) is 25.8 Å². The van der Waals surface area contributed by atoms with Crippen LogP contribution in [-0.4, -0.2) is 54.7 Å². The summed E-state index contributed by atoms with van der Waals surface area (Å²) in [5.41, 5.74) is 0. The maximum absolute atomic E-state index is 11.5. The summed E-state index contributed by atoms with van der Waals surface area (Å²) >= 11 is 0. The van der Waals surface area contributed by atoms with Gasteiger partial charge in [0, 0.05) is 25.7 Å². The fraction of sp³-hybridized carbons (Fsp3) is 0.909. The van der Waals surface area contributed by atoms with Gasteiger partial charge in [0.15, 0.2) is 0 Å². The highest BCUT2D eigenvalue weighted by Crippen LogP contribution is 2.19. The number of likely N-dealkylation sites (tertiary alicyclic amines) is 1. The van der Waals surface area contributed by atoms with Gasteiger partial charge in [0.05, 0.1) is 6.61 Å². The van der Waals surface area contributed by atoms with Gasteiger partial charge < -0.3 is 14.5 Å². The van der Waals surface area contributed by atoms with Crippen molar-refractivity contribution >= 4 is 6.09 Å². The minimum absolute atomic E-state index is 0.101. The number of carbonyl (C=O) groups excluding carboxylic acids is 1. The second-order valence-electron chi connectivity index (χ2n) is 4.33. The Labute approximate surface area is 91.2 Å². The highest BCUT2D eigenvalue weighted by molar-refractivity contribution is 5.68. The van der Waals surface area contributed by atoms with Crippen molar-refractivity contribution in [2.45, 2.75) is 32.2 Å². The number of ether oxygens (including phenoxy) is 1. The Morgan fingerprint density at radius 1 is 1.33 bits per heavy atom. The van der Waals surface area contributed by atoms with E-state index in [1.807, 2.05) is 4.90 Å². The van der Waals surface area contributed by atoms with Crippen molar-refractivity contribution in [3.8, 4) is 0 Å². The molecule has 0 spiro atoms. The Bertz CT molecular complexity index is 225. The van der Waals surface area contributed by atoms with Crippen molar-refractivity contribution in [3.05, 3.63) is 0 Å². The fourth-order valence-corrected chi connectivity index (χ4v) is 2.45. The van der Waals surface area contributed by atoms with Gasteiger partial charge in [-0.15, -0.1) is 0 Å². The first-order chi connectivity index (χ1) is 7.31. The molecule has 4 heteroatoms. The summed E-state index contributed by atoms with van der Waals surface area (Å²) in [4.78, 5) is 15.9. The molecule has 0 N–H and O–H groups in total. The second kappa shape index (κ2) is 4.84. The van der Waals surface area contributed by atoms with Crippen molar-refractivity contribution in [3.63, 3.8) is 0 Å². The van der Waals surface area contributed by atoms with Gasteiger partial charge in [-0.1, -0.05) is 6.92 Å². The van der Waals surface area contributed by atoms with E-state index in [2.05, 4.69) is 11.8 Å². The van der Waals surface area contributed by atoms with Crippen LogP contribution in [0.2, 0.25) is 0 Å². The molecule has 86 valence electrons. The highest BCUT2D eigenvalue weighted by Gasteiger charge is 2.29. The Balaban J connectivity index is 1.86. The minimum atomic E-state index is -0.101. The van der Waals surface area contributed by atoms with E-state index in [0.717, 1.165) is 45.4 Å². The van der Waals surface area contributed by atoms with E-state index in [9.17, 15) is 4.79 Å². The van der Waals surface area contributed by atoms with Gasteiger partial charge in [-0.25, -0.2) is 4.79 Å². The summed E-state index contributed by atoms with van der Waals surface area (Å²) in [6, 6.07) is 0.417. The van der Waals surface area contributed by atoms with E-state index in [0.29, 0.717) is 12.6 Å². The second-order valence-corrected chi connectivity index (χ2v) is 4.33. The van der Waals surface area contributed by atoms with E-state index < -0.39 is 0 Å². The molecule has 2 aliphatic heterocycles. The van der Waals surface area contributed by atoms with Crippen LogP contribution in [0.3, 0.4) is 0 Å². The summed E-state index contributed by atoms with van der Waals surface area (Å²) in [5, 5.41) is 0. The van der Waals surface area contributed by atoms with E-state index in [4.69, 9.17) is 4.74 Å². The van der Waals surface area contributed by atoms with Crippen LogP contribution in [0, 0.1) is 0 Å².